The molecular formula is C9H8ClNOS. The number of thiophene rings is 1. The molecule has 2 nitrogen and oxygen atoms in total. The number of methoxy groups -OCH3 is 1. The minimum absolute atomic E-state index is 0.622. The second-order valence-electron chi connectivity index (χ2n) is 2.65. The van der Waals surface area contributed by atoms with Crippen molar-refractivity contribution in [2.75, 3.05) is 12.8 Å². The van der Waals surface area contributed by atoms with Gasteiger partial charge in [0.25, 0.3) is 0 Å². The van der Waals surface area contributed by atoms with Crippen LogP contribution in [0.25, 0.3) is 10.1 Å². The molecule has 1 aromatic carbocycles. The van der Waals surface area contributed by atoms with Crippen LogP contribution in [0.3, 0.4) is 0 Å². The van der Waals surface area contributed by atoms with Gasteiger partial charge in [-0.2, -0.15) is 0 Å². The zero-order valence-electron chi connectivity index (χ0n) is 7.00. The van der Waals surface area contributed by atoms with Gasteiger partial charge in [-0.15, -0.1) is 11.3 Å². The Morgan fingerprint density at radius 1 is 1.46 bits per heavy atom. The summed E-state index contributed by atoms with van der Waals surface area (Å²) in [7, 11) is 1.61. The predicted octanol–water partition coefficient (Wildman–Crippen LogP) is 3.15. The summed E-state index contributed by atoms with van der Waals surface area (Å²) in [6.07, 6.45) is 0. The normalized spacial score (nSPS) is 10.6. The molecule has 13 heavy (non-hydrogen) atoms. The molecule has 0 aliphatic rings. The van der Waals surface area contributed by atoms with Gasteiger partial charge in [0.2, 0.25) is 0 Å². The summed E-state index contributed by atoms with van der Waals surface area (Å²) in [5, 5.41) is 2.47. The van der Waals surface area contributed by atoms with Crippen molar-refractivity contribution >= 4 is 38.0 Å². The Morgan fingerprint density at radius 3 is 2.92 bits per heavy atom. The number of rotatable bonds is 1. The largest absolute Gasteiger partial charge is 0.494 e. The van der Waals surface area contributed by atoms with E-state index in [9.17, 15) is 0 Å². The zero-order chi connectivity index (χ0) is 9.42. The molecule has 2 rings (SSSR count). The van der Waals surface area contributed by atoms with Crippen molar-refractivity contribution in [1.82, 2.24) is 0 Å². The van der Waals surface area contributed by atoms with Gasteiger partial charge in [-0.25, -0.2) is 0 Å². The van der Waals surface area contributed by atoms with Crippen LogP contribution >= 0.6 is 22.9 Å². The molecule has 2 N–H and O–H groups in total. The van der Waals surface area contributed by atoms with Gasteiger partial charge in [0.05, 0.1) is 21.8 Å². The van der Waals surface area contributed by atoms with Crippen LogP contribution in [0.1, 0.15) is 0 Å². The van der Waals surface area contributed by atoms with Gasteiger partial charge < -0.3 is 10.5 Å². The van der Waals surface area contributed by atoms with E-state index in [0.717, 1.165) is 15.1 Å². The molecule has 0 spiro atoms. The van der Waals surface area contributed by atoms with Crippen LogP contribution in [0.2, 0.25) is 5.02 Å². The second-order valence-corrected chi connectivity index (χ2v) is 4.14. The molecule has 1 heterocycles. The van der Waals surface area contributed by atoms with Crippen LogP contribution in [0.5, 0.6) is 5.75 Å². The maximum absolute atomic E-state index is 5.95. The third-order valence-electron chi connectivity index (χ3n) is 1.82. The predicted molar refractivity (Wildman–Crippen MR) is 57.8 cm³/mol. The first kappa shape index (κ1) is 8.66. The maximum atomic E-state index is 5.95. The van der Waals surface area contributed by atoms with E-state index in [2.05, 4.69) is 0 Å². The van der Waals surface area contributed by atoms with Crippen molar-refractivity contribution < 1.29 is 4.74 Å². The smallest absolute Gasteiger partial charge is 0.155 e. The summed E-state index contributed by atoms with van der Waals surface area (Å²) in [5.41, 5.74) is 5.68. The molecule has 0 amide bonds. The van der Waals surface area contributed by atoms with Gasteiger partial charge >= 0.3 is 0 Å². The van der Waals surface area contributed by atoms with E-state index in [1.165, 1.54) is 11.3 Å². The van der Waals surface area contributed by atoms with E-state index in [4.69, 9.17) is 22.1 Å². The minimum Gasteiger partial charge on any atom is -0.494 e. The first-order valence-electron chi connectivity index (χ1n) is 3.74. The molecule has 0 bridgehead atoms. The Bertz CT molecular complexity index is 452. The van der Waals surface area contributed by atoms with Gasteiger partial charge in [0, 0.05) is 0 Å². The Morgan fingerprint density at radius 2 is 2.23 bits per heavy atom. The Hall–Kier alpha value is -0.930. The monoisotopic (exact) mass is 213 g/mol. The summed E-state index contributed by atoms with van der Waals surface area (Å²) in [6, 6.07) is 5.67. The average Bonchev–Trinajstić information content (AvgIpc) is 2.45. The lowest BCUT2D eigenvalue weighted by Gasteiger charge is -2.02. The van der Waals surface area contributed by atoms with E-state index in [1.54, 1.807) is 7.11 Å². The number of halogens is 1. The highest BCUT2D eigenvalue weighted by molar-refractivity contribution is 7.23. The highest BCUT2D eigenvalue weighted by atomic mass is 35.5. The SMILES string of the molecule is COc1c(Cl)ccc2cc(N)sc12. The number of nitrogen functional groups attached to an aromatic ring is 1. The Kier molecular flexibility index (Phi) is 2.06. The molecule has 0 saturated carbocycles. The molecule has 68 valence electrons. The van der Waals surface area contributed by atoms with E-state index < -0.39 is 0 Å². The van der Waals surface area contributed by atoms with Gasteiger partial charge in [0.1, 0.15) is 0 Å². The zero-order valence-corrected chi connectivity index (χ0v) is 8.58. The fraction of sp³-hybridized carbons (Fsp3) is 0.111. The lowest BCUT2D eigenvalue weighted by Crippen LogP contribution is -1.83. The quantitative estimate of drug-likeness (QED) is 0.790. The fourth-order valence-corrected chi connectivity index (χ4v) is 2.51. The number of hydrogen-bond donors (Lipinski definition) is 1. The maximum Gasteiger partial charge on any atom is 0.155 e. The highest BCUT2D eigenvalue weighted by Crippen LogP contribution is 2.39. The van der Waals surface area contributed by atoms with E-state index >= 15 is 0 Å². The molecule has 0 aliphatic carbocycles. The standard InChI is InChI=1S/C9H8ClNOS/c1-12-8-6(10)3-2-5-4-7(11)13-9(5)8/h2-4H,11H2,1H3. The summed E-state index contributed by atoms with van der Waals surface area (Å²) in [4.78, 5) is 0. The number of fused-ring (bicyclic) bond motifs is 1. The molecule has 0 fully saturated rings. The number of benzene rings is 1. The van der Waals surface area contributed by atoms with Gasteiger partial charge in [-0.05, 0) is 17.5 Å². The molecule has 4 heteroatoms. The van der Waals surface area contributed by atoms with Gasteiger partial charge in [-0.3, -0.25) is 0 Å². The molecule has 0 atom stereocenters. The Labute approximate surface area is 84.9 Å². The van der Waals surface area contributed by atoms with E-state index in [-0.39, 0.29) is 0 Å². The molecule has 0 radical (unpaired) electrons. The van der Waals surface area contributed by atoms with Crippen LogP contribution < -0.4 is 10.5 Å². The highest BCUT2D eigenvalue weighted by Gasteiger charge is 2.08. The minimum atomic E-state index is 0.622. The van der Waals surface area contributed by atoms with Crippen molar-refractivity contribution in [3.05, 3.63) is 23.2 Å². The molecular weight excluding hydrogens is 206 g/mol. The van der Waals surface area contributed by atoms with Crippen molar-refractivity contribution in [3.63, 3.8) is 0 Å². The summed E-state index contributed by atoms with van der Waals surface area (Å²) < 4.78 is 6.20. The summed E-state index contributed by atoms with van der Waals surface area (Å²) in [5.74, 6) is 0.709. The Balaban J connectivity index is 2.82. The van der Waals surface area contributed by atoms with E-state index in [1.807, 2.05) is 18.2 Å². The number of ether oxygens (including phenoxy) is 1. The average molecular weight is 214 g/mol. The third kappa shape index (κ3) is 1.34. The molecule has 0 unspecified atom stereocenters. The van der Waals surface area contributed by atoms with Gasteiger partial charge in [-0.1, -0.05) is 17.7 Å². The molecule has 0 saturated heterocycles. The fourth-order valence-electron chi connectivity index (χ4n) is 1.26. The second kappa shape index (κ2) is 3.09. The van der Waals surface area contributed by atoms with E-state index in [0.29, 0.717) is 10.8 Å². The lowest BCUT2D eigenvalue weighted by atomic mass is 10.2. The number of hydrogen-bond acceptors (Lipinski definition) is 3. The topological polar surface area (TPSA) is 35.2 Å². The summed E-state index contributed by atoms with van der Waals surface area (Å²) in [6.45, 7) is 0. The van der Waals surface area contributed by atoms with Crippen LogP contribution in [0, 0.1) is 0 Å². The van der Waals surface area contributed by atoms with Crippen LogP contribution in [-0.4, -0.2) is 7.11 Å². The van der Waals surface area contributed by atoms with Crippen molar-refractivity contribution in [2.24, 2.45) is 0 Å². The third-order valence-corrected chi connectivity index (χ3v) is 3.09. The molecule has 1 aromatic heterocycles. The first-order valence-corrected chi connectivity index (χ1v) is 4.93. The van der Waals surface area contributed by atoms with Crippen LogP contribution in [0.4, 0.5) is 5.00 Å². The van der Waals surface area contributed by atoms with Gasteiger partial charge in [0.15, 0.2) is 5.75 Å². The van der Waals surface area contributed by atoms with Crippen LogP contribution in [0.15, 0.2) is 18.2 Å². The first-order chi connectivity index (χ1) is 6.22. The van der Waals surface area contributed by atoms with Crippen LogP contribution in [-0.2, 0) is 0 Å². The number of nitrogens with two attached hydrogens (primary N) is 1. The summed E-state index contributed by atoms with van der Waals surface area (Å²) >= 11 is 7.44. The van der Waals surface area contributed by atoms with Crippen molar-refractivity contribution in [3.8, 4) is 5.75 Å². The van der Waals surface area contributed by atoms with Crippen molar-refractivity contribution in [1.29, 1.82) is 0 Å². The van der Waals surface area contributed by atoms with Crippen molar-refractivity contribution in [2.45, 2.75) is 0 Å². The number of anilines is 1. The molecule has 2 aromatic rings. The lowest BCUT2D eigenvalue weighted by molar-refractivity contribution is 0.420. The molecule has 0 aliphatic heterocycles.